The molecule has 3 N–H and O–H groups in total. The molecule has 0 spiro atoms. The van der Waals surface area contributed by atoms with E-state index in [2.05, 4.69) is 15.6 Å². The summed E-state index contributed by atoms with van der Waals surface area (Å²) in [6, 6.07) is 13.4. The van der Waals surface area contributed by atoms with E-state index in [0.29, 0.717) is 18.7 Å². The molecule has 1 heterocycles. The Bertz CT molecular complexity index is 961. The van der Waals surface area contributed by atoms with E-state index < -0.39 is 11.3 Å². The molecule has 27 heavy (non-hydrogen) atoms. The fourth-order valence-electron chi connectivity index (χ4n) is 2.79. The number of carbonyl (C=O) groups is 2. The van der Waals surface area contributed by atoms with E-state index >= 15 is 0 Å². The lowest BCUT2D eigenvalue weighted by Gasteiger charge is -2.22. The van der Waals surface area contributed by atoms with Gasteiger partial charge in [0.25, 0.3) is 0 Å². The maximum atomic E-state index is 13.0. The number of hydrogen-bond acceptors (Lipinski definition) is 2. The minimum Gasteiger partial charge on any atom is -0.361 e. The van der Waals surface area contributed by atoms with E-state index in [1.54, 1.807) is 13.8 Å². The minimum atomic E-state index is -1.26. The van der Waals surface area contributed by atoms with Crippen LogP contribution >= 0.6 is 0 Å². The van der Waals surface area contributed by atoms with Gasteiger partial charge in [-0.25, -0.2) is 4.39 Å². The Hall–Kier alpha value is -3.15. The number of aromatic nitrogens is 1. The summed E-state index contributed by atoms with van der Waals surface area (Å²) in [7, 11) is 0. The van der Waals surface area contributed by atoms with Gasteiger partial charge in [0.2, 0.25) is 11.8 Å². The van der Waals surface area contributed by atoms with E-state index in [1.165, 1.54) is 24.3 Å². The lowest BCUT2D eigenvalue weighted by molar-refractivity contribution is -0.138. The van der Waals surface area contributed by atoms with E-state index in [4.69, 9.17) is 0 Å². The first-order valence-electron chi connectivity index (χ1n) is 8.78. The minimum absolute atomic E-state index is 0.359. The second-order valence-electron chi connectivity index (χ2n) is 6.95. The zero-order valence-corrected chi connectivity index (χ0v) is 15.3. The summed E-state index contributed by atoms with van der Waals surface area (Å²) in [6.07, 6.45) is 2.59. The summed E-state index contributed by atoms with van der Waals surface area (Å²) in [4.78, 5) is 28.2. The van der Waals surface area contributed by atoms with Crippen molar-refractivity contribution in [3.63, 3.8) is 0 Å². The van der Waals surface area contributed by atoms with Gasteiger partial charge in [0.1, 0.15) is 11.2 Å². The summed E-state index contributed by atoms with van der Waals surface area (Å²) < 4.78 is 13.0. The molecule has 0 saturated carbocycles. The normalized spacial score (nSPS) is 11.4. The second-order valence-corrected chi connectivity index (χ2v) is 6.95. The van der Waals surface area contributed by atoms with E-state index in [9.17, 15) is 14.0 Å². The summed E-state index contributed by atoms with van der Waals surface area (Å²) >= 11 is 0. The monoisotopic (exact) mass is 367 g/mol. The average molecular weight is 367 g/mol. The van der Waals surface area contributed by atoms with Crippen LogP contribution in [0.15, 0.2) is 54.7 Å². The lowest BCUT2D eigenvalue weighted by atomic mass is 9.91. The average Bonchev–Trinajstić information content (AvgIpc) is 3.06. The molecule has 6 heteroatoms. The first-order chi connectivity index (χ1) is 12.9. The number of fused-ring (bicyclic) bond motifs is 1. The SMILES string of the molecule is CC(C)(C(=O)NCCc1c[nH]c2ccccc12)C(=O)Nc1ccc(F)cc1. The fraction of sp³-hybridized carbons (Fsp3) is 0.238. The molecular weight excluding hydrogens is 345 g/mol. The van der Waals surface area contributed by atoms with Crippen molar-refractivity contribution in [2.75, 3.05) is 11.9 Å². The predicted molar refractivity (Wildman–Crippen MR) is 104 cm³/mol. The first kappa shape index (κ1) is 18.6. The van der Waals surface area contributed by atoms with Crippen LogP contribution in [0.25, 0.3) is 10.9 Å². The van der Waals surface area contributed by atoms with Gasteiger partial charge in [-0.05, 0) is 56.2 Å². The summed E-state index contributed by atoms with van der Waals surface area (Å²) in [5, 5.41) is 6.60. The van der Waals surface area contributed by atoms with Crippen molar-refractivity contribution in [3.05, 3.63) is 66.1 Å². The maximum absolute atomic E-state index is 13.0. The number of hydrogen-bond donors (Lipinski definition) is 3. The zero-order chi connectivity index (χ0) is 19.4. The molecular formula is C21H22FN3O2. The highest BCUT2D eigenvalue weighted by molar-refractivity contribution is 6.09. The summed E-state index contributed by atoms with van der Waals surface area (Å²) in [6.45, 7) is 3.55. The van der Waals surface area contributed by atoms with Gasteiger partial charge in [0, 0.05) is 29.3 Å². The van der Waals surface area contributed by atoms with Gasteiger partial charge in [0.15, 0.2) is 0 Å². The van der Waals surface area contributed by atoms with Crippen LogP contribution in [0.5, 0.6) is 0 Å². The molecule has 0 bridgehead atoms. The van der Waals surface area contributed by atoms with Crippen molar-refractivity contribution in [3.8, 4) is 0 Å². The van der Waals surface area contributed by atoms with E-state index in [0.717, 1.165) is 16.5 Å². The molecule has 0 unspecified atom stereocenters. The number of rotatable bonds is 6. The van der Waals surface area contributed by atoms with Crippen LogP contribution in [0.3, 0.4) is 0 Å². The molecule has 0 atom stereocenters. The van der Waals surface area contributed by atoms with Gasteiger partial charge in [-0.1, -0.05) is 18.2 Å². The summed E-state index contributed by atoms with van der Waals surface area (Å²) in [5.41, 5.74) is 1.35. The molecule has 0 aliphatic rings. The Morgan fingerprint density at radius 3 is 2.48 bits per heavy atom. The number of amides is 2. The van der Waals surface area contributed by atoms with Crippen molar-refractivity contribution in [2.24, 2.45) is 5.41 Å². The van der Waals surface area contributed by atoms with Gasteiger partial charge < -0.3 is 15.6 Å². The highest BCUT2D eigenvalue weighted by atomic mass is 19.1. The largest absolute Gasteiger partial charge is 0.361 e. The molecule has 2 aromatic carbocycles. The molecule has 0 aliphatic heterocycles. The molecule has 3 aromatic rings. The molecule has 0 radical (unpaired) electrons. The lowest BCUT2D eigenvalue weighted by Crippen LogP contribution is -2.45. The zero-order valence-electron chi connectivity index (χ0n) is 15.3. The topological polar surface area (TPSA) is 74.0 Å². The fourth-order valence-corrected chi connectivity index (χ4v) is 2.79. The quantitative estimate of drug-likeness (QED) is 0.582. The number of aromatic amines is 1. The van der Waals surface area contributed by atoms with Gasteiger partial charge in [-0.15, -0.1) is 0 Å². The third-order valence-electron chi connectivity index (χ3n) is 4.59. The smallest absolute Gasteiger partial charge is 0.239 e. The highest BCUT2D eigenvalue weighted by Crippen LogP contribution is 2.20. The van der Waals surface area contributed by atoms with Gasteiger partial charge >= 0.3 is 0 Å². The number of benzene rings is 2. The molecule has 2 amide bonds. The number of H-pyrrole nitrogens is 1. The number of anilines is 1. The van der Waals surface area contributed by atoms with Crippen LogP contribution in [0.4, 0.5) is 10.1 Å². The Morgan fingerprint density at radius 2 is 1.74 bits per heavy atom. The first-order valence-corrected chi connectivity index (χ1v) is 8.78. The van der Waals surface area contributed by atoms with Crippen LogP contribution in [0, 0.1) is 11.2 Å². The number of nitrogens with one attached hydrogen (secondary N) is 3. The van der Waals surface area contributed by atoms with Crippen molar-refractivity contribution in [1.82, 2.24) is 10.3 Å². The molecule has 3 rings (SSSR count). The van der Waals surface area contributed by atoms with E-state index in [-0.39, 0.29) is 11.7 Å². The van der Waals surface area contributed by atoms with E-state index in [1.807, 2.05) is 30.5 Å². The highest BCUT2D eigenvalue weighted by Gasteiger charge is 2.35. The van der Waals surface area contributed by atoms with Crippen molar-refractivity contribution < 1.29 is 14.0 Å². The van der Waals surface area contributed by atoms with Crippen molar-refractivity contribution in [2.45, 2.75) is 20.3 Å². The van der Waals surface area contributed by atoms with Crippen LogP contribution in [-0.4, -0.2) is 23.3 Å². The number of para-hydroxylation sites is 1. The second kappa shape index (κ2) is 7.61. The molecule has 1 aromatic heterocycles. The standard InChI is InChI=1S/C21H22FN3O2/c1-21(2,20(27)25-16-9-7-15(22)8-10-16)19(26)23-12-11-14-13-24-18-6-4-3-5-17(14)18/h3-10,13,24H,11-12H2,1-2H3,(H,23,26)(H,25,27). The third kappa shape index (κ3) is 4.16. The van der Waals surface area contributed by atoms with Crippen molar-refractivity contribution in [1.29, 1.82) is 0 Å². The van der Waals surface area contributed by atoms with Gasteiger partial charge in [-0.2, -0.15) is 0 Å². The Kier molecular flexibility index (Phi) is 5.26. The molecule has 5 nitrogen and oxygen atoms in total. The van der Waals surface area contributed by atoms with Crippen LogP contribution < -0.4 is 10.6 Å². The van der Waals surface area contributed by atoms with Gasteiger partial charge in [-0.3, -0.25) is 9.59 Å². The van der Waals surface area contributed by atoms with Crippen LogP contribution in [0.1, 0.15) is 19.4 Å². The summed E-state index contributed by atoms with van der Waals surface area (Å²) in [5.74, 6) is -1.19. The number of halogens is 1. The predicted octanol–water partition coefficient (Wildman–Crippen LogP) is 3.63. The van der Waals surface area contributed by atoms with Gasteiger partial charge in [0.05, 0.1) is 0 Å². The molecule has 140 valence electrons. The Morgan fingerprint density at radius 1 is 1.04 bits per heavy atom. The Balaban J connectivity index is 1.57. The van der Waals surface area contributed by atoms with Crippen LogP contribution in [-0.2, 0) is 16.0 Å². The molecule has 0 aliphatic carbocycles. The molecule has 0 saturated heterocycles. The Labute approximate surface area is 157 Å². The maximum Gasteiger partial charge on any atom is 0.239 e. The third-order valence-corrected chi connectivity index (χ3v) is 4.59. The van der Waals surface area contributed by atoms with Crippen molar-refractivity contribution >= 4 is 28.4 Å². The van der Waals surface area contributed by atoms with Crippen LogP contribution in [0.2, 0.25) is 0 Å². The number of carbonyl (C=O) groups excluding carboxylic acids is 2. The molecule has 0 fully saturated rings.